The standard InChI is InChI=1S/CHIN4O/c2-6-1(7)3-4-5-6/h(H,3,5,7). The Morgan fingerprint density at radius 2 is 2.57 bits per heavy atom. The molecule has 1 aromatic heterocycles. The van der Waals surface area contributed by atoms with Gasteiger partial charge in [0.15, 0.2) is 0 Å². The molecule has 7 heavy (non-hydrogen) atoms. The van der Waals surface area contributed by atoms with E-state index in [0.29, 0.717) is 0 Å². The van der Waals surface area contributed by atoms with Crippen LogP contribution in [-0.4, -0.2) is 18.4 Å². The van der Waals surface area contributed by atoms with E-state index in [4.69, 9.17) is 0 Å². The fraction of sp³-hybridized carbons (Fsp3) is 0. The largest absolute Gasteiger partial charge is 0.370 e. The SMILES string of the molecule is O=c1[nH]nnn1I. The molecule has 1 N–H and O–H groups in total. The molecule has 0 amide bonds. The average Bonchev–Trinajstić information content (AvgIpc) is 1.91. The highest BCUT2D eigenvalue weighted by atomic mass is 127. The van der Waals surface area contributed by atoms with Crippen molar-refractivity contribution in [2.45, 2.75) is 0 Å². The van der Waals surface area contributed by atoms with Gasteiger partial charge in [-0.2, -0.15) is 0 Å². The molecule has 1 heterocycles. The molecule has 0 saturated carbocycles. The molecule has 0 spiro atoms. The van der Waals surface area contributed by atoms with Gasteiger partial charge < -0.3 is 0 Å². The topological polar surface area (TPSA) is 63.6 Å². The lowest BCUT2D eigenvalue weighted by molar-refractivity contribution is 0.870. The zero-order chi connectivity index (χ0) is 5.28. The summed E-state index contributed by atoms with van der Waals surface area (Å²) < 4.78 is 1.08. The minimum atomic E-state index is -0.305. The number of aromatic amines is 1. The van der Waals surface area contributed by atoms with Crippen LogP contribution in [0.5, 0.6) is 0 Å². The zero-order valence-electron chi connectivity index (χ0n) is 3.13. The third-order valence-electron chi connectivity index (χ3n) is 0.436. The van der Waals surface area contributed by atoms with Crippen LogP contribution in [-0.2, 0) is 0 Å². The molecule has 0 aliphatic heterocycles. The van der Waals surface area contributed by atoms with E-state index in [1.165, 1.54) is 0 Å². The average molecular weight is 212 g/mol. The van der Waals surface area contributed by atoms with Gasteiger partial charge in [-0.05, 0) is 10.4 Å². The summed E-state index contributed by atoms with van der Waals surface area (Å²) in [5.74, 6) is 0. The highest BCUT2D eigenvalue weighted by Crippen LogP contribution is 1.72. The number of nitrogens with one attached hydrogen (secondary N) is 1. The molecule has 0 aliphatic carbocycles. The summed E-state index contributed by atoms with van der Waals surface area (Å²) in [4.78, 5) is 10.2. The van der Waals surface area contributed by atoms with Crippen molar-refractivity contribution in [3.63, 3.8) is 0 Å². The Morgan fingerprint density at radius 1 is 1.86 bits per heavy atom. The Bertz CT molecular complexity index is 199. The van der Waals surface area contributed by atoms with Gasteiger partial charge in [0, 0.05) is 0 Å². The first-order valence-electron chi connectivity index (χ1n) is 1.47. The highest BCUT2D eigenvalue weighted by molar-refractivity contribution is 14.1. The first-order valence-corrected chi connectivity index (χ1v) is 2.44. The van der Waals surface area contributed by atoms with Gasteiger partial charge in [-0.3, -0.25) is 0 Å². The van der Waals surface area contributed by atoms with Crippen molar-refractivity contribution in [2.24, 2.45) is 0 Å². The maximum atomic E-state index is 10.2. The van der Waals surface area contributed by atoms with Gasteiger partial charge in [-0.15, -0.1) is 2.90 Å². The van der Waals surface area contributed by atoms with Crippen LogP contribution in [0.2, 0.25) is 0 Å². The van der Waals surface area contributed by atoms with E-state index in [1.54, 1.807) is 22.9 Å². The van der Waals surface area contributed by atoms with Gasteiger partial charge in [0.2, 0.25) is 0 Å². The normalized spacial score (nSPS) is 9.29. The lowest BCUT2D eigenvalue weighted by Crippen LogP contribution is -2.07. The molecule has 1 rings (SSSR count). The van der Waals surface area contributed by atoms with Crippen molar-refractivity contribution in [1.29, 1.82) is 0 Å². The quantitative estimate of drug-likeness (QED) is 0.570. The first kappa shape index (κ1) is 4.75. The maximum absolute atomic E-state index is 10.2. The van der Waals surface area contributed by atoms with Crippen LogP contribution in [0, 0.1) is 0 Å². The number of hydrogen-bond acceptors (Lipinski definition) is 3. The minimum Gasteiger partial charge on any atom is -0.244 e. The van der Waals surface area contributed by atoms with Crippen molar-refractivity contribution in [3.05, 3.63) is 10.5 Å². The Labute approximate surface area is 52.2 Å². The molecule has 0 unspecified atom stereocenters. The van der Waals surface area contributed by atoms with Crippen LogP contribution in [0.3, 0.4) is 0 Å². The van der Waals surface area contributed by atoms with E-state index < -0.39 is 0 Å². The number of rotatable bonds is 0. The number of nitrogens with zero attached hydrogens (tertiary/aromatic N) is 3. The summed E-state index contributed by atoms with van der Waals surface area (Å²) in [6.07, 6.45) is 0. The van der Waals surface area contributed by atoms with E-state index in [2.05, 4.69) is 15.5 Å². The Hall–Kier alpha value is -0.400. The minimum absolute atomic E-state index is 0.305. The van der Waals surface area contributed by atoms with Crippen molar-refractivity contribution < 1.29 is 0 Å². The number of tetrazole rings is 1. The molecule has 0 atom stereocenters. The van der Waals surface area contributed by atoms with Crippen molar-refractivity contribution >= 4 is 22.9 Å². The monoisotopic (exact) mass is 212 g/mol. The molecule has 0 aliphatic rings. The zero-order valence-corrected chi connectivity index (χ0v) is 5.29. The molecule has 0 aromatic carbocycles. The van der Waals surface area contributed by atoms with Crippen molar-refractivity contribution in [3.8, 4) is 0 Å². The van der Waals surface area contributed by atoms with E-state index in [9.17, 15) is 4.79 Å². The third kappa shape index (κ3) is 0.787. The summed E-state index contributed by atoms with van der Waals surface area (Å²) in [6.45, 7) is 0. The Balaban J connectivity index is 3.39. The van der Waals surface area contributed by atoms with Crippen LogP contribution < -0.4 is 5.69 Å². The van der Waals surface area contributed by atoms with Gasteiger partial charge in [-0.1, -0.05) is 0 Å². The van der Waals surface area contributed by atoms with E-state index in [1.807, 2.05) is 0 Å². The van der Waals surface area contributed by atoms with Crippen LogP contribution in [0.1, 0.15) is 0 Å². The second-order valence-electron chi connectivity index (χ2n) is 0.867. The van der Waals surface area contributed by atoms with Gasteiger partial charge in [0.05, 0.1) is 22.9 Å². The van der Waals surface area contributed by atoms with Crippen molar-refractivity contribution in [1.82, 2.24) is 18.4 Å². The molecule has 0 fully saturated rings. The molecule has 0 saturated heterocycles. The van der Waals surface area contributed by atoms with E-state index >= 15 is 0 Å². The molecule has 6 heteroatoms. The van der Waals surface area contributed by atoms with Gasteiger partial charge in [0.1, 0.15) is 0 Å². The van der Waals surface area contributed by atoms with Crippen LogP contribution in [0.4, 0.5) is 0 Å². The summed E-state index contributed by atoms with van der Waals surface area (Å²) in [6, 6.07) is 0. The summed E-state index contributed by atoms with van der Waals surface area (Å²) in [5.41, 5.74) is -0.305. The van der Waals surface area contributed by atoms with Crippen LogP contribution in [0.25, 0.3) is 0 Å². The predicted molar refractivity (Wildman–Crippen MR) is 30.1 cm³/mol. The third-order valence-corrected chi connectivity index (χ3v) is 1.07. The summed E-state index contributed by atoms with van der Waals surface area (Å²) >= 11 is 1.72. The molecular formula is CHIN4O. The maximum Gasteiger partial charge on any atom is 0.370 e. The predicted octanol–water partition coefficient (Wildman–Crippen LogP) is -0.836. The number of H-pyrrole nitrogens is 1. The summed E-state index contributed by atoms with van der Waals surface area (Å²) in [7, 11) is 0. The smallest absolute Gasteiger partial charge is 0.244 e. The molecule has 0 radical (unpaired) electrons. The van der Waals surface area contributed by atoms with Gasteiger partial charge >= 0.3 is 5.69 Å². The number of halogens is 1. The Morgan fingerprint density at radius 3 is 2.71 bits per heavy atom. The highest BCUT2D eigenvalue weighted by Gasteiger charge is 1.86. The van der Waals surface area contributed by atoms with Gasteiger partial charge in [0.25, 0.3) is 0 Å². The number of aromatic nitrogens is 4. The Kier molecular flexibility index (Phi) is 1.09. The molecule has 5 nitrogen and oxygen atoms in total. The molecular weight excluding hydrogens is 211 g/mol. The van der Waals surface area contributed by atoms with Crippen LogP contribution in [0.15, 0.2) is 4.79 Å². The van der Waals surface area contributed by atoms with E-state index in [-0.39, 0.29) is 5.69 Å². The second kappa shape index (κ2) is 1.60. The molecule has 1 aromatic rings. The molecule has 0 bridgehead atoms. The second-order valence-corrected chi connectivity index (χ2v) is 1.78. The molecule has 38 valence electrons. The van der Waals surface area contributed by atoms with Crippen molar-refractivity contribution in [2.75, 3.05) is 0 Å². The summed E-state index contributed by atoms with van der Waals surface area (Å²) in [5, 5.41) is 8.60. The lowest BCUT2D eigenvalue weighted by atomic mass is 11.4. The van der Waals surface area contributed by atoms with Gasteiger partial charge in [-0.25, -0.2) is 9.89 Å². The lowest BCUT2D eigenvalue weighted by Gasteiger charge is -1.67. The first-order chi connectivity index (χ1) is 3.30. The van der Waals surface area contributed by atoms with E-state index in [0.717, 1.165) is 2.90 Å². The fourth-order valence-electron chi connectivity index (χ4n) is 0.186. The fourth-order valence-corrected chi connectivity index (χ4v) is 0.391. The number of hydrogen-bond donors (Lipinski definition) is 1. The van der Waals surface area contributed by atoms with Crippen LogP contribution >= 0.6 is 22.9 Å².